The molecule has 80 valence electrons. The molecule has 0 saturated carbocycles. The standard InChI is InChI=1S/C12H15NO2/c1-8-7-13(2)11-5-9(6-12(14)15)3-4-10(8)11/h3-5,8H,6-7H2,1-2H3,(H,14,15). The van der Waals surface area contributed by atoms with Gasteiger partial charge >= 0.3 is 5.97 Å². The lowest BCUT2D eigenvalue weighted by Gasteiger charge is -2.12. The Balaban J connectivity index is 2.34. The zero-order valence-electron chi connectivity index (χ0n) is 9.03. The van der Waals surface area contributed by atoms with Gasteiger partial charge in [-0.05, 0) is 17.2 Å². The Morgan fingerprint density at radius 1 is 1.60 bits per heavy atom. The van der Waals surface area contributed by atoms with Gasteiger partial charge in [-0.2, -0.15) is 0 Å². The van der Waals surface area contributed by atoms with Crippen LogP contribution in [0, 0.1) is 0 Å². The number of nitrogens with zero attached hydrogens (tertiary/aromatic N) is 1. The molecule has 0 fully saturated rings. The number of carboxylic acid groups (broad SMARTS) is 1. The van der Waals surface area contributed by atoms with Crippen LogP contribution in [-0.4, -0.2) is 24.7 Å². The van der Waals surface area contributed by atoms with Gasteiger partial charge in [0.05, 0.1) is 6.42 Å². The molecule has 2 rings (SSSR count). The van der Waals surface area contributed by atoms with Crippen LogP contribution in [0.5, 0.6) is 0 Å². The highest BCUT2D eigenvalue weighted by molar-refractivity contribution is 5.72. The molecule has 1 aromatic carbocycles. The van der Waals surface area contributed by atoms with Gasteiger partial charge in [0.1, 0.15) is 0 Å². The van der Waals surface area contributed by atoms with E-state index >= 15 is 0 Å². The third kappa shape index (κ3) is 1.82. The number of carboxylic acids is 1. The zero-order valence-corrected chi connectivity index (χ0v) is 9.03. The molecule has 0 spiro atoms. The first-order chi connectivity index (χ1) is 7.08. The van der Waals surface area contributed by atoms with Crippen molar-refractivity contribution in [3.8, 4) is 0 Å². The van der Waals surface area contributed by atoms with Crippen LogP contribution in [-0.2, 0) is 11.2 Å². The predicted octanol–water partition coefficient (Wildman–Crippen LogP) is 1.87. The maximum atomic E-state index is 10.6. The minimum absolute atomic E-state index is 0.107. The summed E-state index contributed by atoms with van der Waals surface area (Å²) in [7, 11) is 2.05. The number of hydrogen-bond acceptors (Lipinski definition) is 2. The van der Waals surface area contributed by atoms with Gasteiger partial charge in [0.15, 0.2) is 0 Å². The average Bonchev–Trinajstić information content (AvgIpc) is 2.41. The Bertz CT molecular complexity index is 401. The average molecular weight is 205 g/mol. The monoisotopic (exact) mass is 205 g/mol. The van der Waals surface area contributed by atoms with E-state index in [1.165, 1.54) is 11.3 Å². The molecule has 1 aliphatic heterocycles. The molecule has 1 heterocycles. The van der Waals surface area contributed by atoms with E-state index in [1.807, 2.05) is 19.2 Å². The Morgan fingerprint density at radius 3 is 3.00 bits per heavy atom. The minimum Gasteiger partial charge on any atom is -0.481 e. The van der Waals surface area contributed by atoms with Crippen molar-refractivity contribution in [2.45, 2.75) is 19.3 Å². The van der Waals surface area contributed by atoms with Crippen LogP contribution < -0.4 is 4.90 Å². The summed E-state index contributed by atoms with van der Waals surface area (Å²) in [5.74, 6) is -0.229. The Kier molecular flexibility index (Phi) is 2.39. The van der Waals surface area contributed by atoms with Crippen LogP contribution in [0.3, 0.4) is 0 Å². The van der Waals surface area contributed by atoms with Crippen LogP contribution in [0.4, 0.5) is 5.69 Å². The molecule has 0 saturated heterocycles. The fraction of sp³-hybridized carbons (Fsp3) is 0.417. The van der Waals surface area contributed by atoms with Crippen molar-refractivity contribution in [3.63, 3.8) is 0 Å². The van der Waals surface area contributed by atoms with E-state index in [9.17, 15) is 4.79 Å². The summed E-state index contributed by atoms with van der Waals surface area (Å²) in [6.45, 7) is 3.21. The van der Waals surface area contributed by atoms with Gasteiger partial charge in [-0.15, -0.1) is 0 Å². The normalized spacial score (nSPS) is 19.1. The summed E-state index contributed by atoms with van der Waals surface area (Å²) >= 11 is 0. The molecule has 1 atom stereocenters. The number of hydrogen-bond donors (Lipinski definition) is 1. The van der Waals surface area contributed by atoms with Crippen LogP contribution in [0.25, 0.3) is 0 Å². The maximum Gasteiger partial charge on any atom is 0.307 e. The number of carbonyl (C=O) groups is 1. The highest BCUT2D eigenvalue weighted by Gasteiger charge is 2.22. The fourth-order valence-corrected chi connectivity index (χ4v) is 2.23. The van der Waals surface area contributed by atoms with E-state index in [0.717, 1.165) is 12.1 Å². The number of benzene rings is 1. The molecular formula is C12H15NO2. The Labute approximate surface area is 89.3 Å². The van der Waals surface area contributed by atoms with Crippen LogP contribution >= 0.6 is 0 Å². The van der Waals surface area contributed by atoms with Gasteiger partial charge in [-0.1, -0.05) is 19.1 Å². The van der Waals surface area contributed by atoms with Gasteiger partial charge in [0.2, 0.25) is 0 Å². The third-order valence-electron chi connectivity index (χ3n) is 2.94. The van der Waals surface area contributed by atoms with Crippen molar-refractivity contribution in [2.75, 3.05) is 18.5 Å². The number of anilines is 1. The van der Waals surface area contributed by atoms with Gasteiger partial charge in [0.25, 0.3) is 0 Å². The molecule has 0 bridgehead atoms. The Morgan fingerprint density at radius 2 is 2.33 bits per heavy atom. The van der Waals surface area contributed by atoms with Gasteiger partial charge in [-0.3, -0.25) is 4.79 Å². The molecule has 0 aromatic heterocycles. The van der Waals surface area contributed by atoms with E-state index in [2.05, 4.69) is 17.9 Å². The summed E-state index contributed by atoms with van der Waals surface area (Å²) in [6, 6.07) is 5.97. The second-order valence-electron chi connectivity index (χ2n) is 4.25. The van der Waals surface area contributed by atoms with E-state index in [0.29, 0.717) is 5.92 Å². The molecule has 1 aliphatic rings. The molecule has 15 heavy (non-hydrogen) atoms. The quantitative estimate of drug-likeness (QED) is 0.801. The van der Waals surface area contributed by atoms with E-state index in [1.54, 1.807) is 0 Å². The largest absolute Gasteiger partial charge is 0.481 e. The summed E-state index contributed by atoms with van der Waals surface area (Å²) < 4.78 is 0. The second-order valence-corrected chi connectivity index (χ2v) is 4.25. The second kappa shape index (κ2) is 3.57. The fourth-order valence-electron chi connectivity index (χ4n) is 2.23. The van der Waals surface area contributed by atoms with Crippen molar-refractivity contribution in [3.05, 3.63) is 29.3 Å². The van der Waals surface area contributed by atoms with Gasteiger partial charge in [-0.25, -0.2) is 0 Å². The summed E-state index contributed by atoms with van der Waals surface area (Å²) in [6.07, 6.45) is 0.107. The van der Waals surface area contributed by atoms with Crippen LogP contribution in [0.1, 0.15) is 24.0 Å². The van der Waals surface area contributed by atoms with Crippen LogP contribution in [0.15, 0.2) is 18.2 Å². The molecule has 0 amide bonds. The van der Waals surface area contributed by atoms with Crippen molar-refractivity contribution >= 4 is 11.7 Å². The lowest BCUT2D eigenvalue weighted by molar-refractivity contribution is -0.136. The van der Waals surface area contributed by atoms with Gasteiger partial charge in [0, 0.05) is 25.2 Å². The van der Waals surface area contributed by atoms with E-state index in [4.69, 9.17) is 5.11 Å². The van der Waals surface area contributed by atoms with Crippen molar-refractivity contribution in [1.29, 1.82) is 0 Å². The first-order valence-electron chi connectivity index (χ1n) is 5.13. The van der Waals surface area contributed by atoms with Crippen molar-refractivity contribution in [1.82, 2.24) is 0 Å². The zero-order chi connectivity index (χ0) is 11.0. The van der Waals surface area contributed by atoms with E-state index in [-0.39, 0.29) is 6.42 Å². The first-order valence-corrected chi connectivity index (χ1v) is 5.13. The smallest absolute Gasteiger partial charge is 0.307 e. The number of aliphatic carboxylic acids is 1. The van der Waals surface area contributed by atoms with E-state index < -0.39 is 5.97 Å². The minimum atomic E-state index is -0.774. The summed E-state index contributed by atoms with van der Waals surface area (Å²) in [5, 5.41) is 8.72. The van der Waals surface area contributed by atoms with Crippen molar-refractivity contribution in [2.24, 2.45) is 0 Å². The highest BCUT2D eigenvalue weighted by atomic mass is 16.4. The molecule has 3 heteroatoms. The predicted molar refractivity (Wildman–Crippen MR) is 59.5 cm³/mol. The topological polar surface area (TPSA) is 40.5 Å². The summed E-state index contributed by atoms with van der Waals surface area (Å²) in [4.78, 5) is 12.8. The molecule has 1 aromatic rings. The lowest BCUT2D eigenvalue weighted by Crippen LogP contribution is -2.14. The lowest BCUT2D eigenvalue weighted by atomic mass is 10.0. The number of fused-ring (bicyclic) bond motifs is 1. The summed E-state index contributed by atoms with van der Waals surface area (Å²) in [5.41, 5.74) is 3.38. The molecule has 3 nitrogen and oxygen atoms in total. The molecule has 1 unspecified atom stereocenters. The maximum absolute atomic E-state index is 10.6. The van der Waals surface area contributed by atoms with Crippen LogP contribution in [0.2, 0.25) is 0 Å². The van der Waals surface area contributed by atoms with Crippen molar-refractivity contribution < 1.29 is 9.90 Å². The molecule has 0 aliphatic carbocycles. The SMILES string of the molecule is CC1CN(C)c2cc(CC(=O)O)ccc21. The third-order valence-corrected chi connectivity index (χ3v) is 2.94. The number of rotatable bonds is 2. The molecular weight excluding hydrogens is 190 g/mol. The Hall–Kier alpha value is -1.51. The van der Waals surface area contributed by atoms with Gasteiger partial charge < -0.3 is 10.0 Å². The first kappa shape index (κ1) is 10.0. The molecule has 1 N–H and O–H groups in total. The molecule has 0 radical (unpaired) electrons. The highest BCUT2D eigenvalue weighted by Crippen LogP contribution is 2.35. The number of likely N-dealkylation sites (N-methyl/N-ethyl adjacent to an activating group) is 1.